The highest BCUT2D eigenvalue weighted by Gasteiger charge is 2.45. The van der Waals surface area contributed by atoms with E-state index in [1.807, 2.05) is 53.3 Å². The molecule has 0 saturated heterocycles. The standard InChI is InChI=1S/C23H24N4O/c28-22-17-26(15-18-16-27(25-24-18)19-9-3-1-4-10-19)23(13-7-2-8-14-23)21-12-6-5-11-20(21)22/h1,3-6,9-12,16H,2,7-8,13-15,17H2. The van der Waals surface area contributed by atoms with Gasteiger partial charge in [-0.1, -0.05) is 66.9 Å². The first-order valence-corrected chi connectivity index (χ1v) is 10.1. The number of aromatic nitrogens is 3. The quantitative estimate of drug-likeness (QED) is 0.694. The first-order chi connectivity index (χ1) is 13.8. The number of carbonyl (C=O) groups excluding carboxylic acids is 1. The van der Waals surface area contributed by atoms with Gasteiger partial charge in [0.1, 0.15) is 0 Å². The number of ketones is 1. The number of hydrogen-bond acceptors (Lipinski definition) is 4. The fraction of sp³-hybridized carbons (Fsp3) is 0.348. The van der Waals surface area contributed by atoms with Gasteiger partial charge in [-0.25, -0.2) is 4.68 Å². The van der Waals surface area contributed by atoms with Gasteiger partial charge in [-0.05, 0) is 30.5 Å². The molecule has 1 spiro atoms. The Balaban J connectivity index is 1.49. The third-order valence-electron chi connectivity index (χ3n) is 6.26. The van der Waals surface area contributed by atoms with E-state index in [4.69, 9.17) is 0 Å². The van der Waals surface area contributed by atoms with Crippen LogP contribution in [0.15, 0.2) is 60.8 Å². The lowest BCUT2D eigenvalue weighted by molar-refractivity contribution is 0.0272. The van der Waals surface area contributed by atoms with Gasteiger partial charge >= 0.3 is 0 Å². The van der Waals surface area contributed by atoms with E-state index < -0.39 is 0 Å². The van der Waals surface area contributed by atoms with Crippen molar-refractivity contribution in [1.29, 1.82) is 0 Å². The summed E-state index contributed by atoms with van der Waals surface area (Å²) in [6.07, 6.45) is 7.87. The fourth-order valence-electron chi connectivity index (χ4n) is 4.92. The summed E-state index contributed by atoms with van der Waals surface area (Å²) in [5.41, 5.74) is 3.96. The summed E-state index contributed by atoms with van der Waals surface area (Å²) in [6, 6.07) is 18.2. The smallest absolute Gasteiger partial charge is 0.177 e. The molecule has 1 saturated carbocycles. The summed E-state index contributed by atoms with van der Waals surface area (Å²) >= 11 is 0. The number of fused-ring (bicyclic) bond motifs is 2. The number of para-hydroxylation sites is 1. The normalized spacial score (nSPS) is 18.9. The molecule has 0 bridgehead atoms. The largest absolute Gasteiger partial charge is 0.293 e. The van der Waals surface area contributed by atoms with Crippen LogP contribution < -0.4 is 0 Å². The van der Waals surface area contributed by atoms with Crippen LogP contribution in [0.25, 0.3) is 5.69 Å². The van der Waals surface area contributed by atoms with Crippen molar-refractivity contribution in [3.63, 3.8) is 0 Å². The minimum absolute atomic E-state index is 0.0563. The highest BCUT2D eigenvalue weighted by atomic mass is 16.1. The van der Waals surface area contributed by atoms with Gasteiger partial charge in [-0.2, -0.15) is 0 Å². The van der Waals surface area contributed by atoms with E-state index in [0.717, 1.165) is 29.8 Å². The topological polar surface area (TPSA) is 51.0 Å². The van der Waals surface area contributed by atoms with E-state index in [2.05, 4.69) is 27.3 Å². The van der Waals surface area contributed by atoms with Gasteiger partial charge in [0.2, 0.25) is 0 Å². The SMILES string of the molecule is O=C1CN(Cc2cn(-c3ccccc3)nn2)C2(CCCCC2)c2ccccc21. The summed E-state index contributed by atoms with van der Waals surface area (Å²) in [4.78, 5) is 15.2. The van der Waals surface area contributed by atoms with Gasteiger partial charge in [0.15, 0.2) is 5.78 Å². The molecule has 2 heterocycles. The Kier molecular flexibility index (Phi) is 4.32. The minimum atomic E-state index is -0.0563. The number of hydrogen-bond donors (Lipinski definition) is 0. The Morgan fingerprint density at radius 1 is 0.929 bits per heavy atom. The highest BCUT2D eigenvalue weighted by Crippen LogP contribution is 2.46. The van der Waals surface area contributed by atoms with Crippen LogP contribution in [-0.2, 0) is 12.1 Å². The molecule has 2 aromatic carbocycles. The second kappa shape index (κ2) is 6.99. The van der Waals surface area contributed by atoms with Crippen molar-refractivity contribution < 1.29 is 4.79 Å². The Labute approximate surface area is 165 Å². The zero-order chi connectivity index (χ0) is 19.0. The van der Waals surface area contributed by atoms with Crippen LogP contribution in [0.4, 0.5) is 0 Å². The van der Waals surface area contributed by atoms with Gasteiger partial charge in [0.05, 0.1) is 24.1 Å². The molecule has 0 amide bonds. The maximum Gasteiger partial charge on any atom is 0.177 e. The molecule has 142 valence electrons. The van der Waals surface area contributed by atoms with Crippen molar-refractivity contribution in [3.8, 4) is 5.69 Å². The molecule has 2 aliphatic rings. The zero-order valence-electron chi connectivity index (χ0n) is 15.9. The van der Waals surface area contributed by atoms with Crippen LogP contribution in [0.2, 0.25) is 0 Å². The molecular weight excluding hydrogens is 348 g/mol. The van der Waals surface area contributed by atoms with Crippen LogP contribution in [0, 0.1) is 0 Å². The number of carbonyl (C=O) groups is 1. The number of Topliss-reactive ketones (excluding diaryl/α,β-unsaturated/α-hetero) is 1. The second-order valence-corrected chi connectivity index (χ2v) is 7.91. The Bertz CT molecular complexity index is 989. The molecule has 0 N–H and O–H groups in total. The zero-order valence-corrected chi connectivity index (χ0v) is 15.9. The minimum Gasteiger partial charge on any atom is -0.293 e. The lowest BCUT2D eigenvalue weighted by atomic mass is 9.71. The molecule has 1 fully saturated rings. The molecule has 0 unspecified atom stereocenters. The second-order valence-electron chi connectivity index (χ2n) is 7.91. The predicted molar refractivity (Wildman–Crippen MR) is 107 cm³/mol. The molecular formula is C23H24N4O. The van der Waals surface area contributed by atoms with E-state index in [1.54, 1.807) is 0 Å². The molecule has 5 nitrogen and oxygen atoms in total. The number of benzene rings is 2. The van der Waals surface area contributed by atoms with Crippen molar-refractivity contribution in [3.05, 3.63) is 77.6 Å². The molecule has 0 radical (unpaired) electrons. The number of nitrogens with zero attached hydrogens (tertiary/aromatic N) is 4. The first-order valence-electron chi connectivity index (χ1n) is 10.1. The van der Waals surface area contributed by atoms with Crippen molar-refractivity contribution in [2.75, 3.05) is 6.54 Å². The van der Waals surface area contributed by atoms with Gasteiger partial charge in [-0.15, -0.1) is 5.10 Å². The number of rotatable bonds is 3. The van der Waals surface area contributed by atoms with Crippen LogP contribution in [-0.4, -0.2) is 32.2 Å². The summed E-state index contributed by atoms with van der Waals surface area (Å²) in [7, 11) is 0. The van der Waals surface area contributed by atoms with E-state index in [-0.39, 0.29) is 11.3 Å². The molecule has 5 rings (SSSR count). The highest BCUT2D eigenvalue weighted by molar-refractivity contribution is 6.00. The van der Waals surface area contributed by atoms with Crippen LogP contribution in [0.1, 0.15) is 53.7 Å². The summed E-state index contributed by atoms with van der Waals surface area (Å²) < 4.78 is 1.81. The van der Waals surface area contributed by atoms with Gasteiger partial charge in [-0.3, -0.25) is 9.69 Å². The Morgan fingerprint density at radius 3 is 2.50 bits per heavy atom. The van der Waals surface area contributed by atoms with E-state index in [0.29, 0.717) is 13.1 Å². The van der Waals surface area contributed by atoms with Crippen molar-refractivity contribution in [1.82, 2.24) is 19.9 Å². The lowest BCUT2D eigenvalue weighted by Gasteiger charge is -2.49. The lowest BCUT2D eigenvalue weighted by Crippen LogP contribution is -2.53. The van der Waals surface area contributed by atoms with E-state index in [9.17, 15) is 4.79 Å². The maximum atomic E-state index is 12.9. The van der Waals surface area contributed by atoms with Crippen molar-refractivity contribution in [2.24, 2.45) is 0 Å². The average Bonchev–Trinajstić information content (AvgIpc) is 3.22. The molecule has 5 heteroatoms. The molecule has 0 atom stereocenters. The molecule has 1 aliphatic carbocycles. The summed E-state index contributed by atoms with van der Waals surface area (Å²) in [5.74, 6) is 0.210. The van der Waals surface area contributed by atoms with E-state index >= 15 is 0 Å². The summed E-state index contributed by atoms with van der Waals surface area (Å²) in [6.45, 7) is 1.10. The Morgan fingerprint density at radius 2 is 1.68 bits per heavy atom. The van der Waals surface area contributed by atoms with Crippen LogP contribution >= 0.6 is 0 Å². The van der Waals surface area contributed by atoms with Crippen molar-refractivity contribution in [2.45, 2.75) is 44.2 Å². The molecule has 1 aliphatic heterocycles. The maximum absolute atomic E-state index is 12.9. The van der Waals surface area contributed by atoms with Crippen molar-refractivity contribution >= 4 is 5.78 Å². The third kappa shape index (κ3) is 2.87. The molecule has 28 heavy (non-hydrogen) atoms. The monoisotopic (exact) mass is 372 g/mol. The van der Waals surface area contributed by atoms with E-state index in [1.165, 1.54) is 24.8 Å². The summed E-state index contributed by atoms with van der Waals surface area (Å²) in [5, 5.41) is 8.71. The molecule has 1 aromatic heterocycles. The van der Waals surface area contributed by atoms with Crippen LogP contribution in [0.3, 0.4) is 0 Å². The van der Waals surface area contributed by atoms with Gasteiger partial charge < -0.3 is 0 Å². The fourth-order valence-corrected chi connectivity index (χ4v) is 4.92. The first kappa shape index (κ1) is 17.3. The van der Waals surface area contributed by atoms with Crippen LogP contribution in [0.5, 0.6) is 0 Å². The third-order valence-corrected chi connectivity index (χ3v) is 6.26. The van der Waals surface area contributed by atoms with Gasteiger partial charge in [0, 0.05) is 17.6 Å². The Hall–Kier alpha value is -2.79. The van der Waals surface area contributed by atoms with Gasteiger partial charge in [0.25, 0.3) is 0 Å². The predicted octanol–water partition coefficient (Wildman–Crippen LogP) is 4.13. The molecule has 3 aromatic rings. The average molecular weight is 372 g/mol.